The Hall–Kier alpha value is -2.99. The van der Waals surface area contributed by atoms with Gasteiger partial charge in [-0.3, -0.25) is 0 Å². The SMILES string of the molecule is CCOC(=O)c1coc([C@@]2(C(O)c3ccc(F)c(Cl)c3)CC[C@H](N(Cc3ccc(OC)cc3)S(C)(=O)=O)C2)n1. The Balaban J connectivity index is 1.73. The molecule has 39 heavy (non-hydrogen) atoms. The lowest BCUT2D eigenvalue weighted by Crippen LogP contribution is -2.40. The van der Waals surface area contributed by atoms with Gasteiger partial charge in [-0.25, -0.2) is 22.6 Å². The van der Waals surface area contributed by atoms with Gasteiger partial charge in [-0.15, -0.1) is 0 Å². The Bertz CT molecular complexity index is 1430. The third-order valence-electron chi connectivity index (χ3n) is 7.05. The molecule has 1 N–H and O–H groups in total. The molecule has 0 spiro atoms. The molecular weight excluding hydrogens is 551 g/mol. The number of halogens is 2. The molecule has 3 atom stereocenters. The van der Waals surface area contributed by atoms with Gasteiger partial charge >= 0.3 is 5.97 Å². The highest BCUT2D eigenvalue weighted by Gasteiger charge is 2.52. The molecule has 1 saturated carbocycles. The molecule has 2 aromatic carbocycles. The van der Waals surface area contributed by atoms with Crippen molar-refractivity contribution in [2.24, 2.45) is 0 Å². The summed E-state index contributed by atoms with van der Waals surface area (Å²) in [4.78, 5) is 16.6. The minimum absolute atomic E-state index is 0.0545. The molecular formula is C27H30ClFN2O7S. The Morgan fingerprint density at radius 2 is 2.03 bits per heavy atom. The van der Waals surface area contributed by atoms with E-state index in [9.17, 15) is 22.7 Å². The number of nitrogens with zero attached hydrogens (tertiary/aromatic N) is 2. The van der Waals surface area contributed by atoms with E-state index >= 15 is 0 Å². The average molecular weight is 581 g/mol. The number of carbonyl (C=O) groups excluding carboxylic acids is 1. The number of hydrogen-bond acceptors (Lipinski definition) is 8. The van der Waals surface area contributed by atoms with Crippen LogP contribution in [0.5, 0.6) is 5.75 Å². The van der Waals surface area contributed by atoms with Gasteiger partial charge in [0.15, 0.2) is 5.69 Å². The van der Waals surface area contributed by atoms with Gasteiger partial charge in [0, 0.05) is 12.6 Å². The maximum absolute atomic E-state index is 13.9. The number of sulfonamides is 1. The van der Waals surface area contributed by atoms with E-state index in [-0.39, 0.29) is 42.6 Å². The number of aliphatic hydroxyl groups excluding tert-OH is 1. The van der Waals surface area contributed by atoms with Crippen LogP contribution in [0.4, 0.5) is 4.39 Å². The predicted molar refractivity (Wildman–Crippen MR) is 142 cm³/mol. The van der Waals surface area contributed by atoms with Gasteiger partial charge in [-0.2, -0.15) is 4.31 Å². The summed E-state index contributed by atoms with van der Waals surface area (Å²) < 4.78 is 57.1. The number of methoxy groups -OCH3 is 1. The summed E-state index contributed by atoms with van der Waals surface area (Å²) in [5.41, 5.74) is -0.249. The van der Waals surface area contributed by atoms with Gasteiger partial charge in [-0.1, -0.05) is 29.8 Å². The van der Waals surface area contributed by atoms with Crippen molar-refractivity contribution in [1.82, 2.24) is 9.29 Å². The van der Waals surface area contributed by atoms with Crippen LogP contribution in [0.3, 0.4) is 0 Å². The highest BCUT2D eigenvalue weighted by Crippen LogP contribution is 2.51. The Kier molecular flexibility index (Phi) is 8.65. The van der Waals surface area contributed by atoms with Gasteiger partial charge in [0.2, 0.25) is 15.9 Å². The van der Waals surface area contributed by atoms with Gasteiger partial charge in [-0.05, 0) is 61.6 Å². The number of carbonyl (C=O) groups is 1. The molecule has 4 rings (SSSR count). The summed E-state index contributed by atoms with van der Waals surface area (Å²) in [6.07, 6.45) is 1.75. The highest BCUT2D eigenvalue weighted by molar-refractivity contribution is 7.88. The number of ether oxygens (including phenoxy) is 2. The topological polar surface area (TPSA) is 119 Å². The molecule has 0 saturated heterocycles. The van der Waals surface area contributed by atoms with Crippen LogP contribution in [-0.2, 0) is 26.7 Å². The van der Waals surface area contributed by atoms with Crippen LogP contribution in [-0.4, -0.2) is 54.8 Å². The molecule has 0 aliphatic heterocycles. The summed E-state index contributed by atoms with van der Waals surface area (Å²) in [7, 11) is -2.14. The molecule has 0 bridgehead atoms. The van der Waals surface area contributed by atoms with E-state index < -0.39 is 39.4 Å². The van der Waals surface area contributed by atoms with Gasteiger partial charge in [0.1, 0.15) is 17.8 Å². The molecule has 1 aliphatic rings. The van der Waals surface area contributed by atoms with Crippen molar-refractivity contribution in [3.05, 3.63) is 82.3 Å². The monoisotopic (exact) mass is 580 g/mol. The zero-order chi connectivity index (χ0) is 28.4. The number of aromatic nitrogens is 1. The quantitative estimate of drug-likeness (QED) is 0.345. The number of oxazole rings is 1. The second-order valence-corrected chi connectivity index (χ2v) is 11.9. The molecule has 1 aliphatic carbocycles. The Labute approximate surface area is 231 Å². The molecule has 1 heterocycles. The first-order valence-electron chi connectivity index (χ1n) is 12.3. The summed E-state index contributed by atoms with van der Waals surface area (Å²) in [5.74, 6) is -0.631. The largest absolute Gasteiger partial charge is 0.497 e. The average Bonchev–Trinajstić information content (AvgIpc) is 3.57. The number of benzene rings is 2. The predicted octanol–water partition coefficient (Wildman–Crippen LogP) is 4.64. The van der Waals surface area contributed by atoms with Crippen molar-refractivity contribution in [2.45, 2.75) is 50.3 Å². The molecule has 0 amide bonds. The van der Waals surface area contributed by atoms with E-state index in [1.54, 1.807) is 38.3 Å². The van der Waals surface area contributed by atoms with E-state index in [1.165, 1.54) is 16.4 Å². The molecule has 210 valence electrons. The van der Waals surface area contributed by atoms with Crippen LogP contribution < -0.4 is 4.74 Å². The normalized spacial score (nSPS) is 20.2. The van der Waals surface area contributed by atoms with Crippen LogP contribution in [0.1, 0.15) is 59.8 Å². The van der Waals surface area contributed by atoms with Crippen molar-refractivity contribution in [1.29, 1.82) is 0 Å². The molecule has 1 unspecified atom stereocenters. The van der Waals surface area contributed by atoms with Gasteiger partial charge in [0.05, 0.1) is 36.5 Å². The smallest absolute Gasteiger partial charge is 0.360 e. The van der Waals surface area contributed by atoms with Crippen LogP contribution in [0.25, 0.3) is 0 Å². The fourth-order valence-corrected chi connectivity index (χ4v) is 6.38. The fourth-order valence-electron chi connectivity index (χ4n) is 5.08. The van der Waals surface area contributed by atoms with Crippen molar-refractivity contribution < 1.29 is 36.6 Å². The third kappa shape index (κ3) is 6.11. The van der Waals surface area contributed by atoms with E-state index in [2.05, 4.69) is 4.98 Å². The van der Waals surface area contributed by atoms with E-state index in [4.69, 9.17) is 25.5 Å². The first-order valence-corrected chi connectivity index (χ1v) is 14.6. The molecule has 9 nitrogen and oxygen atoms in total. The third-order valence-corrected chi connectivity index (χ3v) is 8.62. The van der Waals surface area contributed by atoms with E-state index in [0.29, 0.717) is 17.7 Å². The molecule has 1 aromatic heterocycles. The van der Waals surface area contributed by atoms with Crippen molar-refractivity contribution in [3.8, 4) is 5.75 Å². The maximum atomic E-state index is 13.9. The molecule has 12 heteroatoms. The standard InChI is InChI=1S/C27H30ClFN2O7S/c1-4-37-25(33)23-16-38-26(30-23)27(24(32)18-7-10-22(29)21(28)13-18)12-11-19(14-27)31(39(3,34)35)15-17-5-8-20(36-2)9-6-17/h5-10,13,16,19,24,32H,4,11-12,14-15H2,1-3H3/t19-,24?,27-/m0/s1. The minimum Gasteiger partial charge on any atom is -0.497 e. The number of hydrogen-bond donors (Lipinski definition) is 1. The first-order chi connectivity index (χ1) is 18.5. The second kappa shape index (κ2) is 11.6. The van der Waals surface area contributed by atoms with Crippen LogP contribution in [0.2, 0.25) is 5.02 Å². The summed E-state index contributed by atoms with van der Waals surface area (Å²) in [6.45, 7) is 1.90. The number of esters is 1. The van der Waals surface area contributed by atoms with Crippen molar-refractivity contribution in [2.75, 3.05) is 20.0 Å². The van der Waals surface area contributed by atoms with Crippen LogP contribution >= 0.6 is 11.6 Å². The van der Waals surface area contributed by atoms with Crippen LogP contribution in [0.15, 0.2) is 53.1 Å². The lowest BCUT2D eigenvalue weighted by molar-refractivity contribution is 0.0516. The second-order valence-electron chi connectivity index (χ2n) is 9.54. The lowest BCUT2D eigenvalue weighted by Gasteiger charge is -2.33. The summed E-state index contributed by atoms with van der Waals surface area (Å²) in [6, 6.07) is 10.4. The maximum Gasteiger partial charge on any atom is 0.360 e. The van der Waals surface area contributed by atoms with Gasteiger partial charge < -0.3 is 19.0 Å². The molecule has 3 aromatic rings. The fraction of sp³-hybridized carbons (Fsp3) is 0.407. The van der Waals surface area contributed by atoms with Gasteiger partial charge in [0.25, 0.3) is 0 Å². The number of aliphatic hydroxyl groups is 1. The highest BCUT2D eigenvalue weighted by atomic mass is 35.5. The van der Waals surface area contributed by atoms with Crippen molar-refractivity contribution in [3.63, 3.8) is 0 Å². The number of rotatable bonds is 10. The first kappa shape index (κ1) is 29.0. The Morgan fingerprint density at radius 1 is 1.31 bits per heavy atom. The zero-order valence-corrected chi connectivity index (χ0v) is 23.3. The lowest BCUT2D eigenvalue weighted by atomic mass is 9.76. The van der Waals surface area contributed by atoms with Crippen LogP contribution in [0, 0.1) is 5.82 Å². The van der Waals surface area contributed by atoms with Crippen molar-refractivity contribution >= 4 is 27.6 Å². The molecule has 0 radical (unpaired) electrons. The molecule has 1 fully saturated rings. The van der Waals surface area contributed by atoms with E-state index in [1.807, 2.05) is 0 Å². The minimum atomic E-state index is -3.69. The summed E-state index contributed by atoms with van der Waals surface area (Å²) in [5, 5.41) is 11.5. The zero-order valence-electron chi connectivity index (χ0n) is 21.8. The Morgan fingerprint density at radius 3 is 2.64 bits per heavy atom. The summed E-state index contributed by atoms with van der Waals surface area (Å²) >= 11 is 6.00. The van der Waals surface area contributed by atoms with E-state index in [0.717, 1.165) is 24.1 Å².